The molecule has 56 heavy (non-hydrogen) atoms. The second-order valence-corrected chi connectivity index (χ2v) is 17.0. The van der Waals surface area contributed by atoms with E-state index in [0.717, 1.165) is 17.1 Å². The van der Waals surface area contributed by atoms with Crippen molar-refractivity contribution in [1.29, 1.82) is 0 Å². The highest BCUT2D eigenvalue weighted by Gasteiger charge is 2.37. The molecule has 0 fully saturated rings. The average Bonchev–Trinajstić information content (AvgIpc) is 3.67. The number of benzene rings is 8. The van der Waals surface area contributed by atoms with Crippen LogP contribution in [0.15, 0.2) is 170 Å². The standard InChI is InChI=1S/C54H46N2/c1-35-15-14-21-46-51(35)45-31-29-41(34-47(45)54(46,5)6)55(49-32-26-37-16-10-11-19-42(37)52(49)38-17-8-7-9-18-38)40-27-23-36(24-28-40)39-25-30-44-43-20-12-13-22-48(43)56(50(44)33-39)53(2,3)4/h7-34H,1-6H3. The summed E-state index contributed by atoms with van der Waals surface area (Å²) in [5, 5.41) is 5.07. The van der Waals surface area contributed by atoms with Crippen molar-refractivity contribution in [2.45, 2.75) is 52.5 Å². The molecule has 10 rings (SSSR count). The Morgan fingerprint density at radius 3 is 1.95 bits per heavy atom. The van der Waals surface area contributed by atoms with Gasteiger partial charge in [0.25, 0.3) is 0 Å². The molecule has 0 bridgehead atoms. The van der Waals surface area contributed by atoms with Crippen LogP contribution in [0.2, 0.25) is 0 Å². The summed E-state index contributed by atoms with van der Waals surface area (Å²) in [5.74, 6) is 0. The fourth-order valence-electron chi connectivity index (χ4n) is 9.56. The first kappa shape index (κ1) is 34.1. The zero-order valence-corrected chi connectivity index (χ0v) is 33.1. The first-order valence-corrected chi connectivity index (χ1v) is 19.9. The van der Waals surface area contributed by atoms with Crippen molar-refractivity contribution in [3.63, 3.8) is 0 Å². The van der Waals surface area contributed by atoms with E-state index < -0.39 is 0 Å². The van der Waals surface area contributed by atoms with Crippen molar-refractivity contribution in [2.75, 3.05) is 4.90 Å². The molecular weight excluding hydrogens is 677 g/mol. The summed E-state index contributed by atoms with van der Waals surface area (Å²) in [4.78, 5) is 2.48. The predicted octanol–water partition coefficient (Wildman–Crippen LogP) is 15.1. The van der Waals surface area contributed by atoms with Gasteiger partial charge in [-0.25, -0.2) is 0 Å². The molecule has 0 saturated carbocycles. The van der Waals surface area contributed by atoms with Crippen LogP contribution in [0.1, 0.15) is 51.3 Å². The Bertz CT molecular complexity index is 2970. The molecule has 272 valence electrons. The maximum absolute atomic E-state index is 2.50. The van der Waals surface area contributed by atoms with Crippen molar-refractivity contribution >= 4 is 49.6 Å². The number of rotatable bonds is 5. The minimum absolute atomic E-state index is 0.0643. The number of fused-ring (bicyclic) bond motifs is 7. The van der Waals surface area contributed by atoms with Crippen molar-refractivity contribution < 1.29 is 0 Å². The molecule has 0 aliphatic heterocycles. The second-order valence-electron chi connectivity index (χ2n) is 17.0. The Kier molecular flexibility index (Phi) is 7.67. The van der Waals surface area contributed by atoms with Crippen LogP contribution in [0.4, 0.5) is 17.1 Å². The quantitative estimate of drug-likeness (QED) is 0.172. The predicted molar refractivity (Wildman–Crippen MR) is 240 cm³/mol. The minimum atomic E-state index is -0.123. The molecule has 9 aromatic rings. The third-order valence-corrected chi connectivity index (χ3v) is 12.2. The molecule has 0 amide bonds. The van der Waals surface area contributed by atoms with Gasteiger partial charge in [0, 0.05) is 44.2 Å². The van der Waals surface area contributed by atoms with Gasteiger partial charge >= 0.3 is 0 Å². The molecule has 2 nitrogen and oxygen atoms in total. The van der Waals surface area contributed by atoms with E-state index in [4.69, 9.17) is 0 Å². The van der Waals surface area contributed by atoms with E-state index >= 15 is 0 Å². The fraction of sp³-hybridized carbons (Fsp3) is 0.148. The molecule has 0 saturated heterocycles. The molecule has 0 unspecified atom stereocenters. The van der Waals surface area contributed by atoms with Gasteiger partial charge in [0.2, 0.25) is 0 Å². The largest absolute Gasteiger partial charge is 0.335 e. The van der Waals surface area contributed by atoms with Crippen LogP contribution >= 0.6 is 0 Å². The SMILES string of the molecule is Cc1cccc2c1-c1ccc(N(c3ccc(-c4ccc5c6ccccc6n(C(C)(C)C)c5c4)cc3)c3ccc4ccccc4c3-c3ccccc3)cc1C2(C)C. The lowest BCUT2D eigenvalue weighted by Crippen LogP contribution is -2.21. The van der Waals surface area contributed by atoms with Crippen molar-refractivity contribution in [3.05, 3.63) is 187 Å². The Morgan fingerprint density at radius 2 is 1.16 bits per heavy atom. The molecule has 1 aliphatic rings. The van der Waals surface area contributed by atoms with E-state index in [1.54, 1.807) is 0 Å². The van der Waals surface area contributed by atoms with Crippen LogP contribution in [0, 0.1) is 6.92 Å². The number of hydrogen-bond donors (Lipinski definition) is 0. The number of nitrogens with zero attached hydrogens (tertiary/aromatic N) is 2. The fourth-order valence-corrected chi connectivity index (χ4v) is 9.56. The van der Waals surface area contributed by atoms with Crippen molar-refractivity contribution in [2.24, 2.45) is 0 Å². The summed E-state index contributed by atoms with van der Waals surface area (Å²) < 4.78 is 2.50. The van der Waals surface area contributed by atoms with Crippen LogP contribution < -0.4 is 4.90 Å². The van der Waals surface area contributed by atoms with Gasteiger partial charge in [0.05, 0.1) is 11.2 Å². The van der Waals surface area contributed by atoms with E-state index in [1.807, 2.05) is 0 Å². The van der Waals surface area contributed by atoms with Gasteiger partial charge in [-0.2, -0.15) is 0 Å². The lowest BCUT2D eigenvalue weighted by atomic mass is 9.82. The smallest absolute Gasteiger partial charge is 0.0546 e. The first-order valence-electron chi connectivity index (χ1n) is 19.9. The van der Waals surface area contributed by atoms with Crippen molar-refractivity contribution in [1.82, 2.24) is 4.57 Å². The highest BCUT2D eigenvalue weighted by atomic mass is 15.1. The molecule has 0 radical (unpaired) electrons. The summed E-state index contributed by atoms with van der Waals surface area (Å²) in [5.41, 5.74) is 17.4. The Hall–Kier alpha value is -6.38. The van der Waals surface area contributed by atoms with Gasteiger partial charge in [-0.1, -0.05) is 141 Å². The van der Waals surface area contributed by atoms with Crippen LogP contribution in [0.3, 0.4) is 0 Å². The number of aryl methyl sites for hydroxylation is 1. The molecule has 1 aliphatic carbocycles. The van der Waals surface area contributed by atoms with Crippen LogP contribution in [0.5, 0.6) is 0 Å². The summed E-state index contributed by atoms with van der Waals surface area (Å²) in [6.07, 6.45) is 0. The Labute approximate surface area is 330 Å². The van der Waals surface area contributed by atoms with Gasteiger partial charge in [0.15, 0.2) is 0 Å². The summed E-state index contributed by atoms with van der Waals surface area (Å²) >= 11 is 0. The topological polar surface area (TPSA) is 8.17 Å². The average molecular weight is 723 g/mol. The summed E-state index contributed by atoms with van der Waals surface area (Å²) in [6, 6.07) is 63.1. The maximum Gasteiger partial charge on any atom is 0.0546 e. The molecule has 1 aromatic heterocycles. The number of hydrogen-bond acceptors (Lipinski definition) is 1. The normalized spacial score (nSPS) is 13.3. The third kappa shape index (κ3) is 5.23. The van der Waals surface area contributed by atoms with E-state index in [2.05, 4.69) is 221 Å². The monoisotopic (exact) mass is 722 g/mol. The van der Waals surface area contributed by atoms with E-state index in [0.29, 0.717) is 0 Å². The molecule has 1 heterocycles. The number of anilines is 3. The van der Waals surface area contributed by atoms with E-state index in [1.165, 1.54) is 82.6 Å². The second kappa shape index (κ2) is 12.6. The van der Waals surface area contributed by atoms with Gasteiger partial charge in [-0.15, -0.1) is 0 Å². The van der Waals surface area contributed by atoms with Crippen LogP contribution in [0.25, 0.3) is 66.0 Å². The minimum Gasteiger partial charge on any atom is -0.335 e. The Morgan fingerprint density at radius 1 is 0.482 bits per heavy atom. The zero-order valence-electron chi connectivity index (χ0n) is 33.1. The molecular formula is C54H46N2. The summed E-state index contributed by atoms with van der Waals surface area (Å²) in [6.45, 7) is 13.9. The van der Waals surface area contributed by atoms with Gasteiger partial charge < -0.3 is 9.47 Å². The number of aromatic nitrogens is 1. The van der Waals surface area contributed by atoms with Gasteiger partial charge in [-0.3, -0.25) is 0 Å². The molecule has 8 aromatic carbocycles. The molecule has 0 spiro atoms. The third-order valence-electron chi connectivity index (χ3n) is 12.2. The van der Waals surface area contributed by atoms with Crippen LogP contribution in [-0.4, -0.2) is 4.57 Å². The highest BCUT2D eigenvalue weighted by Crippen LogP contribution is 2.53. The first-order chi connectivity index (χ1) is 27.1. The Balaban J connectivity index is 1.17. The van der Waals surface area contributed by atoms with Gasteiger partial charge in [-0.05, 0) is 125 Å². The molecule has 0 N–H and O–H groups in total. The lowest BCUT2D eigenvalue weighted by molar-refractivity contribution is 0.423. The maximum atomic E-state index is 2.50. The highest BCUT2D eigenvalue weighted by molar-refractivity contribution is 6.09. The molecule has 0 atom stereocenters. The van der Waals surface area contributed by atoms with E-state index in [9.17, 15) is 0 Å². The summed E-state index contributed by atoms with van der Waals surface area (Å²) in [7, 11) is 0. The molecule has 2 heteroatoms. The van der Waals surface area contributed by atoms with Gasteiger partial charge in [0.1, 0.15) is 0 Å². The van der Waals surface area contributed by atoms with Crippen molar-refractivity contribution in [3.8, 4) is 33.4 Å². The lowest BCUT2D eigenvalue weighted by Gasteiger charge is -2.30. The van der Waals surface area contributed by atoms with Crippen LogP contribution in [-0.2, 0) is 11.0 Å². The number of para-hydroxylation sites is 1. The van der Waals surface area contributed by atoms with E-state index in [-0.39, 0.29) is 11.0 Å². The zero-order chi connectivity index (χ0) is 38.3.